The molecular weight excluding hydrogens is 312 g/mol. The van der Waals surface area contributed by atoms with Crippen molar-refractivity contribution in [3.63, 3.8) is 0 Å². The Morgan fingerprint density at radius 2 is 1.80 bits per heavy atom. The van der Waals surface area contributed by atoms with Crippen LogP contribution in [0.15, 0.2) is 46.9 Å². The Morgan fingerprint density at radius 3 is 2.64 bits per heavy atom. The van der Waals surface area contributed by atoms with Gasteiger partial charge in [0.2, 0.25) is 5.91 Å². The number of amides is 1. The Hall–Kier alpha value is -2.49. The summed E-state index contributed by atoms with van der Waals surface area (Å²) in [7, 11) is 0. The number of furan rings is 1. The van der Waals surface area contributed by atoms with Gasteiger partial charge in [0.1, 0.15) is 17.2 Å². The third-order valence-corrected chi connectivity index (χ3v) is 5.10. The van der Waals surface area contributed by atoms with Gasteiger partial charge in [-0.2, -0.15) is 0 Å². The van der Waals surface area contributed by atoms with Crippen LogP contribution in [0.5, 0.6) is 0 Å². The van der Waals surface area contributed by atoms with Crippen LogP contribution in [0.1, 0.15) is 39.0 Å². The Kier molecular flexibility index (Phi) is 4.35. The number of nitrogens with one attached hydrogen (secondary N) is 2. The van der Waals surface area contributed by atoms with E-state index in [1.54, 1.807) is 0 Å². The molecule has 0 spiro atoms. The van der Waals surface area contributed by atoms with Gasteiger partial charge in [-0.15, -0.1) is 0 Å². The van der Waals surface area contributed by atoms with Crippen molar-refractivity contribution in [2.45, 2.75) is 51.1 Å². The van der Waals surface area contributed by atoms with Crippen LogP contribution in [0.25, 0.3) is 21.9 Å². The molecule has 0 saturated heterocycles. The first-order valence-electron chi connectivity index (χ1n) is 9.19. The van der Waals surface area contributed by atoms with Gasteiger partial charge in [-0.25, -0.2) is 0 Å². The lowest BCUT2D eigenvalue weighted by atomic mass is 9.95. The Balaban J connectivity index is 1.49. The van der Waals surface area contributed by atoms with Crippen molar-refractivity contribution < 1.29 is 9.21 Å². The molecule has 1 atom stereocenters. The van der Waals surface area contributed by atoms with E-state index in [0.717, 1.165) is 40.5 Å². The minimum absolute atomic E-state index is 0.0732. The summed E-state index contributed by atoms with van der Waals surface area (Å²) >= 11 is 0. The number of hydrogen-bond acceptors (Lipinski definition) is 3. The molecule has 0 unspecified atom stereocenters. The summed E-state index contributed by atoms with van der Waals surface area (Å²) in [5, 5.41) is 8.67. The van der Waals surface area contributed by atoms with Crippen LogP contribution < -0.4 is 10.6 Å². The largest absolute Gasteiger partial charge is 0.456 e. The first-order valence-corrected chi connectivity index (χ1v) is 9.19. The van der Waals surface area contributed by atoms with Crippen LogP contribution in [0.2, 0.25) is 0 Å². The summed E-state index contributed by atoms with van der Waals surface area (Å²) in [6.45, 7) is 1.91. The van der Waals surface area contributed by atoms with Gasteiger partial charge < -0.3 is 15.1 Å². The first-order chi connectivity index (χ1) is 12.2. The number of benzene rings is 2. The summed E-state index contributed by atoms with van der Waals surface area (Å²) in [5.74, 6) is 0.0732. The standard InChI is InChI=1S/C21H24N2O2/c1-14(21(24)23-15-7-3-2-4-8-15)22-16-11-12-20-18(13-16)17-9-5-6-10-19(17)25-20/h5-6,9-15,22H,2-4,7-8H2,1H3,(H,23,24)/t14-/m0/s1. The Morgan fingerprint density at radius 1 is 1.04 bits per heavy atom. The predicted octanol–water partition coefficient (Wildman–Crippen LogP) is 4.84. The van der Waals surface area contributed by atoms with E-state index >= 15 is 0 Å². The van der Waals surface area contributed by atoms with Gasteiger partial charge in [0.15, 0.2) is 0 Å². The molecule has 4 heteroatoms. The van der Waals surface area contributed by atoms with E-state index in [9.17, 15) is 4.79 Å². The number of rotatable bonds is 4. The lowest BCUT2D eigenvalue weighted by Crippen LogP contribution is -2.43. The van der Waals surface area contributed by atoms with Crippen molar-refractivity contribution in [3.05, 3.63) is 42.5 Å². The molecule has 3 aromatic rings. The van der Waals surface area contributed by atoms with E-state index in [1.807, 2.05) is 37.3 Å². The van der Waals surface area contributed by atoms with Crippen molar-refractivity contribution in [2.75, 3.05) is 5.32 Å². The van der Waals surface area contributed by atoms with Crippen molar-refractivity contribution in [2.24, 2.45) is 0 Å². The minimum Gasteiger partial charge on any atom is -0.456 e. The van der Waals surface area contributed by atoms with Gasteiger partial charge in [-0.05, 0) is 44.0 Å². The number of carbonyl (C=O) groups excluding carboxylic acids is 1. The van der Waals surface area contributed by atoms with Crippen LogP contribution in [0.4, 0.5) is 5.69 Å². The second kappa shape index (κ2) is 6.79. The van der Waals surface area contributed by atoms with Crippen LogP contribution in [0.3, 0.4) is 0 Å². The molecule has 4 rings (SSSR count). The van der Waals surface area contributed by atoms with Crippen LogP contribution >= 0.6 is 0 Å². The van der Waals surface area contributed by atoms with E-state index in [1.165, 1.54) is 19.3 Å². The maximum Gasteiger partial charge on any atom is 0.242 e. The minimum atomic E-state index is -0.266. The average Bonchev–Trinajstić information content (AvgIpc) is 3.00. The zero-order valence-corrected chi connectivity index (χ0v) is 14.5. The molecular formula is C21H24N2O2. The normalized spacial score (nSPS) is 16.8. The van der Waals surface area contributed by atoms with Gasteiger partial charge in [-0.1, -0.05) is 37.5 Å². The van der Waals surface area contributed by atoms with Crippen molar-refractivity contribution in [1.29, 1.82) is 0 Å². The molecule has 130 valence electrons. The number of anilines is 1. The number of hydrogen-bond donors (Lipinski definition) is 2. The summed E-state index contributed by atoms with van der Waals surface area (Å²) in [4.78, 5) is 12.4. The average molecular weight is 336 g/mol. The lowest BCUT2D eigenvalue weighted by molar-refractivity contribution is -0.122. The lowest BCUT2D eigenvalue weighted by Gasteiger charge is -2.25. The van der Waals surface area contributed by atoms with Crippen molar-refractivity contribution >= 4 is 33.5 Å². The highest BCUT2D eigenvalue weighted by atomic mass is 16.3. The highest BCUT2D eigenvalue weighted by molar-refractivity contribution is 6.06. The fourth-order valence-electron chi connectivity index (χ4n) is 3.70. The summed E-state index contributed by atoms with van der Waals surface area (Å²) in [6.07, 6.45) is 5.93. The zero-order valence-electron chi connectivity index (χ0n) is 14.5. The topological polar surface area (TPSA) is 54.3 Å². The van der Waals surface area contributed by atoms with Gasteiger partial charge >= 0.3 is 0 Å². The molecule has 1 amide bonds. The Labute approximate surface area is 147 Å². The number of para-hydroxylation sites is 1. The second-order valence-corrected chi connectivity index (χ2v) is 7.02. The molecule has 4 nitrogen and oxygen atoms in total. The molecule has 1 aromatic heterocycles. The third-order valence-electron chi connectivity index (χ3n) is 5.10. The maximum absolute atomic E-state index is 12.4. The van der Waals surface area contributed by atoms with Crippen molar-refractivity contribution in [3.8, 4) is 0 Å². The van der Waals surface area contributed by atoms with Gasteiger partial charge in [0.25, 0.3) is 0 Å². The molecule has 0 bridgehead atoms. The van der Waals surface area contributed by atoms with Gasteiger partial charge in [-0.3, -0.25) is 4.79 Å². The molecule has 1 aliphatic carbocycles. The van der Waals surface area contributed by atoms with E-state index in [4.69, 9.17) is 4.42 Å². The van der Waals surface area contributed by atoms with E-state index < -0.39 is 0 Å². The smallest absolute Gasteiger partial charge is 0.242 e. The van der Waals surface area contributed by atoms with E-state index in [0.29, 0.717) is 6.04 Å². The third kappa shape index (κ3) is 3.34. The summed E-state index contributed by atoms with van der Waals surface area (Å²) in [6, 6.07) is 14.1. The predicted molar refractivity (Wildman–Crippen MR) is 102 cm³/mol. The summed E-state index contributed by atoms with van der Waals surface area (Å²) in [5.41, 5.74) is 2.69. The van der Waals surface area contributed by atoms with Gasteiger partial charge in [0.05, 0.1) is 0 Å². The van der Waals surface area contributed by atoms with Gasteiger partial charge in [0, 0.05) is 22.5 Å². The van der Waals surface area contributed by atoms with Crippen LogP contribution in [-0.2, 0) is 4.79 Å². The molecule has 25 heavy (non-hydrogen) atoms. The molecule has 1 saturated carbocycles. The van der Waals surface area contributed by atoms with Crippen LogP contribution in [-0.4, -0.2) is 18.0 Å². The molecule has 1 fully saturated rings. The highest BCUT2D eigenvalue weighted by Gasteiger charge is 2.19. The van der Waals surface area contributed by atoms with Crippen molar-refractivity contribution in [1.82, 2.24) is 5.32 Å². The molecule has 2 aromatic carbocycles. The van der Waals surface area contributed by atoms with E-state index in [2.05, 4.69) is 22.8 Å². The fourth-order valence-corrected chi connectivity index (χ4v) is 3.70. The van der Waals surface area contributed by atoms with E-state index in [-0.39, 0.29) is 11.9 Å². The summed E-state index contributed by atoms with van der Waals surface area (Å²) < 4.78 is 5.85. The SMILES string of the molecule is C[C@H](Nc1ccc2oc3ccccc3c2c1)C(=O)NC1CCCCC1. The highest BCUT2D eigenvalue weighted by Crippen LogP contribution is 2.30. The molecule has 1 aliphatic rings. The zero-order chi connectivity index (χ0) is 17.2. The Bertz CT molecular complexity index is 893. The van der Waals surface area contributed by atoms with Crippen LogP contribution in [0, 0.1) is 0 Å². The molecule has 0 aliphatic heterocycles. The number of fused-ring (bicyclic) bond motifs is 3. The second-order valence-electron chi connectivity index (χ2n) is 7.02. The number of carbonyl (C=O) groups is 1. The monoisotopic (exact) mass is 336 g/mol. The molecule has 2 N–H and O–H groups in total. The quantitative estimate of drug-likeness (QED) is 0.717. The first kappa shape index (κ1) is 16.0. The molecule has 0 radical (unpaired) electrons. The fraction of sp³-hybridized carbons (Fsp3) is 0.381. The maximum atomic E-state index is 12.4. The molecule has 1 heterocycles.